The molecule has 0 saturated carbocycles. The van der Waals surface area contributed by atoms with Gasteiger partial charge in [0.2, 0.25) is 0 Å². The molecular formula is C85H79Cl12N7O4. The zero-order valence-electron chi connectivity index (χ0n) is 63.6. The molecule has 0 unspecified atom stereocenters. The van der Waals surface area contributed by atoms with Crippen molar-refractivity contribution in [2.45, 2.75) is 190 Å². The summed E-state index contributed by atoms with van der Waals surface area (Å²) >= 11 is 92.5. The standard InChI is InChI=1S/C85H79Cl12N7O4/c1-79(2,3)36-26-29-46(40(32-36)83(13,14)15)106-70-62(91)54-52(59(88)67(70)96)74-99-44-35-43(49-50(44)61(90)69(65(94)57(49)86)105-45-25-23-22-24-39(45)82(10,11)12)98-73-51-55(63(92)71(66(95)58(51)87)107-47-30-27-37(80(4,5)6)33-41(47)84(16,17)18)77(100-73)104-78-56-53(75(103-78)102-76(54)101-74)60(89)68(97)72(64(56)93)108-48-31-28-38(81(7,8)9)34-42(48)85(19,20)21/h22-34H,35H2,1-21H3,(H,98,99,100,101,102,103,104). The first kappa shape index (κ1) is 80.1. The van der Waals surface area contributed by atoms with Crippen LogP contribution in [0.3, 0.4) is 0 Å². The van der Waals surface area contributed by atoms with Crippen molar-refractivity contribution in [2.24, 2.45) is 30.0 Å². The molecule has 0 radical (unpaired) electrons. The van der Waals surface area contributed by atoms with Crippen molar-refractivity contribution in [3.8, 4) is 46.0 Å². The van der Waals surface area contributed by atoms with Gasteiger partial charge in [0, 0.05) is 39.1 Å². The lowest BCUT2D eigenvalue weighted by atomic mass is 9.80. The fourth-order valence-corrected chi connectivity index (χ4v) is 17.0. The zero-order valence-corrected chi connectivity index (χ0v) is 72.6. The van der Waals surface area contributed by atoms with Crippen molar-refractivity contribution in [3.63, 3.8) is 0 Å². The molecule has 8 aromatic carbocycles. The molecule has 0 spiro atoms. The Labute approximate surface area is 690 Å². The van der Waals surface area contributed by atoms with Gasteiger partial charge in [0.05, 0.1) is 84.6 Å². The maximum Gasteiger partial charge on any atom is 0.166 e. The van der Waals surface area contributed by atoms with Crippen molar-refractivity contribution in [2.75, 3.05) is 0 Å². The molecule has 11 nitrogen and oxygen atoms in total. The molecule has 108 heavy (non-hydrogen) atoms. The van der Waals surface area contributed by atoms with Crippen LogP contribution in [0, 0.1) is 0 Å². The van der Waals surface area contributed by atoms with Crippen LogP contribution in [0.5, 0.6) is 46.0 Å². The summed E-state index contributed by atoms with van der Waals surface area (Å²) in [5, 5.41) is 0.486. The summed E-state index contributed by atoms with van der Waals surface area (Å²) in [6.07, 6.45) is -0.125. The highest BCUT2D eigenvalue weighted by Gasteiger charge is 2.40. The summed E-state index contributed by atoms with van der Waals surface area (Å²) < 4.78 is 27.8. The number of ether oxygens (including phenoxy) is 4. The Kier molecular flexibility index (Phi) is 20.7. The van der Waals surface area contributed by atoms with E-state index in [0.29, 0.717) is 23.0 Å². The molecule has 23 heteroatoms. The fraction of sp³-hybridized carbons (Fsp3) is 0.341. The second-order valence-electron chi connectivity index (χ2n) is 34.7. The van der Waals surface area contributed by atoms with Crippen LogP contribution < -0.4 is 40.4 Å². The maximum absolute atomic E-state index is 7.91. The number of benzene rings is 8. The van der Waals surface area contributed by atoms with Crippen molar-refractivity contribution in [1.82, 2.24) is 4.98 Å². The minimum atomic E-state index is -0.445. The SMILES string of the molecule is CC(C)(C)c1ccc(Oc2c(Cl)c(Cl)c3c(c2Cl)C2=NC3=NC3=c4c(Cl)c(Oc5ccccc5C(C)(C)C)c(Cl)c(Cl)c4=C(C3)N=C3N=C(N=c4[nH]c(c5c(Cl)c(Cl)c(Oc6ccc(C(C)(C)C)cc6C(C)(C)C)c(Cl)c45)=N2)c2c(Cl)c(Oc4ccc(C(C)(C)C)cc4C(C)(C)C)c(Cl)c(Cl)c23)c(C(C)(C)C)c1. The average Bonchev–Trinajstić information content (AvgIpc) is 1.56. The lowest BCUT2D eigenvalue weighted by Gasteiger charge is -2.27. The Morgan fingerprint density at radius 1 is 0.278 bits per heavy atom. The number of hydrogen-bond acceptors (Lipinski definition) is 10. The summed E-state index contributed by atoms with van der Waals surface area (Å²) in [5.41, 5.74) is 5.58. The first-order valence-corrected chi connectivity index (χ1v) is 39.6. The van der Waals surface area contributed by atoms with Gasteiger partial charge < -0.3 is 23.9 Å². The third-order valence-electron chi connectivity index (χ3n) is 19.5. The topological polar surface area (TPSA) is 127 Å². The van der Waals surface area contributed by atoms with Gasteiger partial charge in [0.25, 0.3) is 0 Å². The van der Waals surface area contributed by atoms with E-state index in [9.17, 15) is 0 Å². The molecule has 0 saturated heterocycles. The molecule has 9 aromatic rings. The van der Waals surface area contributed by atoms with Crippen LogP contribution in [-0.2, 0) is 37.9 Å². The number of aromatic nitrogens is 1. The molecule has 0 atom stereocenters. The number of H-pyrrole nitrogens is 1. The van der Waals surface area contributed by atoms with Crippen LogP contribution in [0.15, 0.2) is 109 Å². The maximum atomic E-state index is 7.91. The van der Waals surface area contributed by atoms with Gasteiger partial charge in [-0.1, -0.05) is 339 Å². The Bertz CT molecular complexity index is 5860. The normalized spacial score (nSPS) is 14.6. The number of fused-ring (bicyclic) bond motifs is 16. The summed E-state index contributed by atoms with van der Waals surface area (Å²) in [5.74, 6) is 1.79. The monoisotopic (exact) mass is 1680 g/mol. The number of para-hydroxylation sites is 1. The summed E-state index contributed by atoms with van der Waals surface area (Å²) in [6.45, 7) is 44.4. The fourth-order valence-electron chi connectivity index (χ4n) is 13.5. The second-order valence-corrected chi connectivity index (χ2v) is 39.3. The third kappa shape index (κ3) is 14.3. The minimum Gasteiger partial charge on any atom is -0.454 e. The quantitative estimate of drug-likeness (QED) is 0.152. The number of rotatable bonds is 8. The van der Waals surface area contributed by atoms with Gasteiger partial charge in [-0.05, 0) is 78.9 Å². The van der Waals surface area contributed by atoms with E-state index in [2.05, 4.69) is 169 Å². The zero-order chi connectivity index (χ0) is 79.0. The Hall–Kier alpha value is -6.00. The van der Waals surface area contributed by atoms with E-state index in [-0.39, 0.29) is 195 Å². The molecular weight excluding hydrogens is 1610 g/mol. The highest BCUT2D eigenvalue weighted by atomic mass is 35.5. The number of halogens is 12. The van der Waals surface area contributed by atoms with E-state index in [0.717, 1.165) is 38.9 Å². The van der Waals surface area contributed by atoms with E-state index in [4.69, 9.17) is 188 Å². The Morgan fingerprint density at radius 3 is 0.944 bits per heavy atom. The van der Waals surface area contributed by atoms with Crippen LogP contribution in [0.4, 0.5) is 0 Å². The summed E-state index contributed by atoms with van der Waals surface area (Å²) in [6, 6.07) is 25.7. The third-order valence-corrected chi connectivity index (χ3v) is 24.3. The van der Waals surface area contributed by atoms with Crippen molar-refractivity contribution in [1.29, 1.82) is 0 Å². The highest BCUT2D eigenvalue weighted by Crippen LogP contribution is 2.54. The number of hydrogen-bond donors (Lipinski definition) is 1. The van der Waals surface area contributed by atoms with Gasteiger partial charge in [-0.2, -0.15) is 0 Å². The van der Waals surface area contributed by atoms with Crippen molar-refractivity contribution < 1.29 is 18.9 Å². The molecule has 1 aromatic heterocycles. The predicted molar refractivity (Wildman–Crippen MR) is 454 cm³/mol. The van der Waals surface area contributed by atoms with Gasteiger partial charge in [-0.3, -0.25) is 0 Å². The van der Waals surface area contributed by atoms with Crippen molar-refractivity contribution in [3.05, 3.63) is 222 Å². The molecule has 0 amide bonds. The van der Waals surface area contributed by atoms with E-state index in [1.54, 1.807) is 0 Å². The first-order valence-electron chi connectivity index (χ1n) is 35.1. The molecule has 3 aliphatic heterocycles. The smallest absolute Gasteiger partial charge is 0.166 e. The lowest BCUT2D eigenvalue weighted by Crippen LogP contribution is -2.28. The lowest BCUT2D eigenvalue weighted by molar-refractivity contribution is 0.453. The van der Waals surface area contributed by atoms with E-state index in [1.165, 1.54) is 0 Å². The van der Waals surface area contributed by atoms with Crippen molar-refractivity contribution >= 4 is 185 Å². The highest BCUT2D eigenvalue weighted by molar-refractivity contribution is 6.53. The number of amidine groups is 4. The number of nitrogens with one attached hydrogen (secondary N) is 1. The number of aromatic amines is 1. The minimum absolute atomic E-state index is 0.00287. The van der Waals surface area contributed by atoms with Gasteiger partial charge in [0.1, 0.15) is 54.1 Å². The van der Waals surface area contributed by atoms with E-state index in [1.807, 2.05) is 60.7 Å². The van der Waals surface area contributed by atoms with Crippen LogP contribution in [0.1, 0.15) is 213 Å². The summed E-state index contributed by atoms with van der Waals surface area (Å²) in [7, 11) is 0. The molecule has 562 valence electrons. The number of nitrogens with zero attached hydrogens (tertiary/aromatic N) is 6. The van der Waals surface area contributed by atoms with Crippen LogP contribution in [0.25, 0.3) is 22.2 Å². The Balaban J connectivity index is 1.17. The summed E-state index contributed by atoms with van der Waals surface area (Å²) in [4.78, 5) is 35.6. The van der Waals surface area contributed by atoms with Gasteiger partial charge in [-0.25, -0.2) is 30.0 Å². The molecule has 1 N–H and O–H groups in total. The van der Waals surface area contributed by atoms with Crippen LogP contribution in [-0.4, -0.2) is 28.3 Å². The molecule has 8 bridgehead atoms. The van der Waals surface area contributed by atoms with Gasteiger partial charge in [-0.15, -0.1) is 0 Å². The van der Waals surface area contributed by atoms with Gasteiger partial charge >= 0.3 is 0 Å². The molecule has 0 fully saturated rings. The largest absolute Gasteiger partial charge is 0.454 e. The van der Waals surface area contributed by atoms with Gasteiger partial charge in [0.15, 0.2) is 46.3 Å². The molecule has 4 aliphatic rings. The predicted octanol–water partition coefficient (Wildman–Crippen LogP) is 27.2. The molecule has 4 heterocycles. The Morgan fingerprint density at radius 2 is 0.574 bits per heavy atom. The van der Waals surface area contributed by atoms with E-state index >= 15 is 0 Å². The first-order chi connectivity index (χ1) is 50.0. The molecule has 13 rings (SSSR count). The molecule has 1 aliphatic carbocycles. The van der Waals surface area contributed by atoms with Crippen LogP contribution >= 0.6 is 139 Å². The second kappa shape index (κ2) is 28.0. The van der Waals surface area contributed by atoms with E-state index < -0.39 is 21.7 Å². The van der Waals surface area contributed by atoms with Crippen LogP contribution in [0.2, 0.25) is 60.3 Å². The number of aliphatic imine (C=N–C) groups is 4. The average molecular weight is 1690 g/mol.